The molecule has 1 saturated heterocycles. The van der Waals surface area contributed by atoms with Gasteiger partial charge in [-0.1, -0.05) is 11.2 Å². The van der Waals surface area contributed by atoms with Crippen molar-refractivity contribution in [1.82, 2.24) is 20.4 Å². The van der Waals surface area contributed by atoms with E-state index in [1.807, 2.05) is 12.1 Å². The topological polar surface area (TPSA) is 84.1 Å². The van der Waals surface area contributed by atoms with Crippen LogP contribution < -0.4 is 5.32 Å². The Hall–Kier alpha value is -1.79. The molecule has 0 aromatic carbocycles. The Morgan fingerprint density at radius 2 is 2.44 bits per heavy atom. The summed E-state index contributed by atoms with van der Waals surface area (Å²) in [5.74, 6) is 1.19. The van der Waals surface area contributed by atoms with Gasteiger partial charge in [-0.15, -0.1) is 0 Å². The molecule has 6 nitrogen and oxygen atoms in total. The van der Waals surface area contributed by atoms with Crippen LogP contribution in [0.4, 0.5) is 0 Å². The van der Waals surface area contributed by atoms with Crippen molar-refractivity contribution in [3.63, 3.8) is 0 Å². The molecule has 94 valence electrons. The highest BCUT2D eigenvalue weighted by atomic mass is 16.5. The third-order valence-electron chi connectivity index (χ3n) is 2.97. The van der Waals surface area contributed by atoms with Gasteiger partial charge in [-0.05, 0) is 18.1 Å². The summed E-state index contributed by atoms with van der Waals surface area (Å²) in [4.78, 5) is 8.39. The Morgan fingerprint density at radius 1 is 1.50 bits per heavy atom. The quantitative estimate of drug-likeness (QED) is 0.818. The summed E-state index contributed by atoms with van der Waals surface area (Å²) in [6.07, 6.45) is 4.41. The van der Waals surface area contributed by atoms with E-state index in [2.05, 4.69) is 20.4 Å². The van der Waals surface area contributed by atoms with Crippen LogP contribution in [-0.4, -0.2) is 32.9 Å². The van der Waals surface area contributed by atoms with Gasteiger partial charge in [0.1, 0.15) is 0 Å². The monoisotopic (exact) mass is 246 g/mol. The molecule has 0 amide bonds. The number of rotatable bonds is 3. The summed E-state index contributed by atoms with van der Waals surface area (Å²) in [5, 5.41) is 16.5. The number of nitrogens with zero attached hydrogens (tertiary/aromatic N) is 3. The molecule has 0 saturated carbocycles. The molecule has 1 unspecified atom stereocenters. The molecule has 2 N–H and O–H groups in total. The molecule has 2 aromatic rings. The first-order valence-electron chi connectivity index (χ1n) is 5.94. The summed E-state index contributed by atoms with van der Waals surface area (Å²) >= 11 is 0. The molecule has 0 bridgehead atoms. The Labute approximate surface area is 104 Å². The van der Waals surface area contributed by atoms with Gasteiger partial charge in [0.25, 0.3) is 0 Å². The Bertz CT molecular complexity index is 514. The third-order valence-corrected chi connectivity index (χ3v) is 2.97. The van der Waals surface area contributed by atoms with E-state index >= 15 is 0 Å². The summed E-state index contributed by atoms with van der Waals surface area (Å²) in [6.45, 7) is 0.574. The molecule has 1 aliphatic heterocycles. The molecule has 2 atom stereocenters. The first kappa shape index (κ1) is 11.3. The average molecular weight is 246 g/mol. The molecule has 3 heterocycles. The van der Waals surface area contributed by atoms with Gasteiger partial charge in [-0.3, -0.25) is 4.98 Å². The van der Waals surface area contributed by atoms with Crippen LogP contribution >= 0.6 is 0 Å². The molecular weight excluding hydrogens is 232 g/mol. The molecule has 1 fully saturated rings. The van der Waals surface area contributed by atoms with E-state index in [1.54, 1.807) is 12.4 Å². The van der Waals surface area contributed by atoms with Crippen molar-refractivity contribution in [3.8, 4) is 0 Å². The van der Waals surface area contributed by atoms with Crippen LogP contribution in [0.15, 0.2) is 29.0 Å². The SMILES string of the molecule is OC1CN[C@H](c2nc(Cc3cccnc3)no2)C1. The van der Waals surface area contributed by atoms with E-state index < -0.39 is 0 Å². The number of hydrogen-bond donors (Lipinski definition) is 2. The molecule has 0 spiro atoms. The third kappa shape index (κ3) is 2.39. The van der Waals surface area contributed by atoms with Gasteiger partial charge in [0.05, 0.1) is 12.1 Å². The smallest absolute Gasteiger partial charge is 0.243 e. The standard InChI is InChI=1S/C12H14N4O2/c17-9-5-10(14-7-9)12-15-11(16-18-12)4-8-2-1-3-13-6-8/h1-3,6,9-10,14,17H,4-5,7H2/t9?,10-/m0/s1. The van der Waals surface area contributed by atoms with Crippen LogP contribution in [-0.2, 0) is 6.42 Å². The molecule has 18 heavy (non-hydrogen) atoms. The fourth-order valence-corrected chi connectivity index (χ4v) is 2.07. The van der Waals surface area contributed by atoms with E-state index in [4.69, 9.17) is 4.52 Å². The second-order valence-corrected chi connectivity index (χ2v) is 4.44. The maximum Gasteiger partial charge on any atom is 0.243 e. The zero-order chi connectivity index (χ0) is 12.4. The maximum atomic E-state index is 9.44. The number of aliphatic hydroxyl groups excluding tert-OH is 1. The van der Waals surface area contributed by atoms with Gasteiger partial charge in [0, 0.05) is 25.4 Å². The van der Waals surface area contributed by atoms with E-state index in [0.717, 1.165) is 5.56 Å². The van der Waals surface area contributed by atoms with Crippen molar-refractivity contribution in [2.24, 2.45) is 0 Å². The Kier molecular flexibility index (Phi) is 3.04. The van der Waals surface area contributed by atoms with Crippen molar-refractivity contribution < 1.29 is 9.63 Å². The number of hydrogen-bond acceptors (Lipinski definition) is 6. The summed E-state index contributed by atoms with van der Waals surface area (Å²) < 4.78 is 5.21. The van der Waals surface area contributed by atoms with Crippen LogP contribution in [0.3, 0.4) is 0 Å². The van der Waals surface area contributed by atoms with Crippen LogP contribution in [0.2, 0.25) is 0 Å². The normalized spacial score (nSPS) is 23.4. The largest absolute Gasteiger partial charge is 0.392 e. The van der Waals surface area contributed by atoms with Crippen molar-refractivity contribution in [3.05, 3.63) is 41.8 Å². The van der Waals surface area contributed by atoms with Crippen molar-refractivity contribution in [2.75, 3.05) is 6.54 Å². The van der Waals surface area contributed by atoms with Crippen molar-refractivity contribution >= 4 is 0 Å². The first-order chi connectivity index (χ1) is 8.81. The zero-order valence-electron chi connectivity index (χ0n) is 9.78. The molecule has 1 aliphatic rings. The van der Waals surface area contributed by atoms with Crippen LogP contribution in [0.5, 0.6) is 0 Å². The minimum Gasteiger partial charge on any atom is -0.392 e. The zero-order valence-corrected chi connectivity index (χ0v) is 9.78. The molecule has 2 aromatic heterocycles. The highest BCUT2D eigenvalue weighted by molar-refractivity contribution is 5.14. The molecular formula is C12H14N4O2. The molecule has 0 aliphatic carbocycles. The summed E-state index contributed by atoms with van der Waals surface area (Å²) in [7, 11) is 0. The fourth-order valence-electron chi connectivity index (χ4n) is 2.07. The second kappa shape index (κ2) is 4.83. The highest BCUT2D eigenvalue weighted by Crippen LogP contribution is 2.22. The molecule has 6 heteroatoms. The number of aliphatic hydroxyl groups is 1. The minimum atomic E-state index is -0.330. The van der Waals surface area contributed by atoms with Crippen LogP contribution in [0, 0.1) is 0 Å². The minimum absolute atomic E-state index is 0.0323. The number of pyridine rings is 1. The van der Waals surface area contributed by atoms with Gasteiger partial charge in [-0.25, -0.2) is 0 Å². The predicted molar refractivity (Wildman–Crippen MR) is 62.7 cm³/mol. The van der Waals surface area contributed by atoms with E-state index in [9.17, 15) is 5.11 Å². The lowest BCUT2D eigenvalue weighted by Crippen LogP contribution is -2.15. The van der Waals surface area contributed by atoms with Gasteiger partial charge in [0.2, 0.25) is 5.89 Å². The lowest BCUT2D eigenvalue weighted by Gasteiger charge is -2.01. The van der Waals surface area contributed by atoms with Gasteiger partial charge in [-0.2, -0.15) is 4.98 Å². The molecule has 0 radical (unpaired) electrons. The van der Waals surface area contributed by atoms with Gasteiger partial charge < -0.3 is 14.9 Å². The predicted octanol–water partition coefficient (Wildman–Crippen LogP) is 0.451. The van der Waals surface area contributed by atoms with Crippen LogP contribution in [0.25, 0.3) is 0 Å². The Morgan fingerprint density at radius 3 is 3.17 bits per heavy atom. The van der Waals surface area contributed by atoms with Gasteiger partial charge >= 0.3 is 0 Å². The molecule has 3 rings (SSSR count). The lowest BCUT2D eigenvalue weighted by atomic mass is 10.2. The Balaban J connectivity index is 1.70. The number of nitrogens with one attached hydrogen (secondary N) is 1. The average Bonchev–Trinajstić information content (AvgIpc) is 2.99. The summed E-state index contributed by atoms with van der Waals surface area (Å²) in [5.41, 5.74) is 1.05. The first-order valence-corrected chi connectivity index (χ1v) is 5.94. The van der Waals surface area contributed by atoms with Crippen LogP contribution in [0.1, 0.15) is 29.7 Å². The van der Waals surface area contributed by atoms with Gasteiger partial charge in [0.15, 0.2) is 5.82 Å². The number of aromatic nitrogens is 3. The van der Waals surface area contributed by atoms with Crippen molar-refractivity contribution in [2.45, 2.75) is 25.0 Å². The van der Waals surface area contributed by atoms with E-state index in [0.29, 0.717) is 31.1 Å². The number of β-amino-alcohol motifs (C(OH)–C–C–N with tert-alkyl or cyclic N) is 1. The van der Waals surface area contributed by atoms with E-state index in [1.165, 1.54) is 0 Å². The lowest BCUT2D eigenvalue weighted by molar-refractivity contribution is 0.191. The van der Waals surface area contributed by atoms with E-state index in [-0.39, 0.29) is 12.1 Å². The van der Waals surface area contributed by atoms with Crippen molar-refractivity contribution in [1.29, 1.82) is 0 Å². The highest BCUT2D eigenvalue weighted by Gasteiger charge is 2.27. The fraction of sp³-hybridized carbons (Fsp3) is 0.417. The summed E-state index contributed by atoms with van der Waals surface area (Å²) in [6, 6.07) is 3.82. The maximum absolute atomic E-state index is 9.44. The second-order valence-electron chi connectivity index (χ2n) is 4.44.